The van der Waals surface area contributed by atoms with Crippen molar-refractivity contribution in [3.63, 3.8) is 0 Å². The van der Waals surface area contributed by atoms with Crippen molar-refractivity contribution in [2.24, 2.45) is 11.7 Å². The summed E-state index contributed by atoms with van der Waals surface area (Å²) in [5.74, 6) is 0.0132. The molecule has 3 heterocycles. The zero-order valence-electron chi connectivity index (χ0n) is 15.2. The van der Waals surface area contributed by atoms with E-state index in [9.17, 15) is 9.59 Å². The predicted molar refractivity (Wildman–Crippen MR) is 112 cm³/mol. The van der Waals surface area contributed by atoms with Crippen LogP contribution in [-0.4, -0.2) is 45.5 Å². The van der Waals surface area contributed by atoms with Crippen LogP contribution in [0, 0.1) is 5.92 Å². The second-order valence-corrected chi connectivity index (χ2v) is 8.72. The zero-order valence-corrected chi connectivity index (χ0v) is 16.8. The first-order valence-electron chi connectivity index (χ1n) is 9.11. The van der Waals surface area contributed by atoms with Crippen LogP contribution in [0.1, 0.15) is 12.8 Å². The number of nitrogens with two attached hydrogens (primary N) is 1. The molecule has 3 aromatic rings. The number of hydrogen-bond donors (Lipinski definition) is 1. The minimum atomic E-state index is -0.267. The largest absolute Gasteiger partial charge is 0.369 e. The number of nitrogens with zero attached hydrogens (tertiary/aromatic N) is 3. The number of carbonyl (C=O) groups is 2. The summed E-state index contributed by atoms with van der Waals surface area (Å²) in [6.07, 6.45) is 2.85. The van der Waals surface area contributed by atoms with Crippen LogP contribution in [0.2, 0.25) is 0 Å². The van der Waals surface area contributed by atoms with Gasteiger partial charge in [0.05, 0.1) is 5.75 Å². The van der Waals surface area contributed by atoms with Gasteiger partial charge in [0.15, 0.2) is 0 Å². The number of likely N-dealkylation sites (tertiary alicyclic amines) is 1. The molecular formula is C20H20N4O2S2. The van der Waals surface area contributed by atoms with Crippen molar-refractivity contribution in [2.75, 3.05) is 18.8 Å². The van der Waals surface area contributed by atoms with Crippen LogP contribution in [0.25, 0.3) is 20.7 Å². The highest BCUT2D eigenvalue weighted by molar-refractivity contribution is 8.00. The number of hydrogen-bond acceptors (Lipinski definition) is 6. The second-order valence-electron chi connectivity index (χ2n) is 6.72. The topological polar surface area (TPSA) is 89.2 Å². The number of rotatable bonds is 5. The number of benzene rings is 1. The molecule has 1 fully saturated rings. The summed E-state index contributed by atoms with van der Waals surface area (Å²) in [7, 11) is 0. The normalized spacial score (nSPS) is 15.1. The molecule has 2 amide bonds. The molecule has 0 saturated carbocycles. The Kier molecular flexibility index (Phi) is 5.59. The number of fused-ring (bicyclic) bond motifs is 1. The van der Waals surface area contributed by atoms with Gasteiger partial charge < -0.3 is 10.6 Å². The van der Waals surface area contributed by atoms with Gasteiger partial charge in [-0.05, 0) is 24.5 Å². The molecule has 8 heteroatoms. The highest BCUT2D eigenvalue weighted by atomic mass is 32.2. The second kappa shape index (κ2) is 8.28. The van der Waals surface area contributed by atoms with E-state index < -0.39 is 0 Å². The van der Waals surface area contributed by atoms with Gasteiger partial charge in [0.1, 0.15) is 16.2 Å². The van der Waals surface area contributed by atoms with Crippen molar-refractivity contribution in [3.8, 4) is 10.4 Å². The summed E-state index contributed by atoms with van der Waals surface area (Å²) in [5, 5.41) is 1.81. The lowest BCUT2D eigenvalue weighted by molar-refractivity contribution is -0.132. The Morgan fingerprint density at radius 1 is 1.18 bits per heavy atom. The van der Waals surface area contributed by atoms with Gasteiger partial charge >= 0.3 is 0 Å². The number of piperidine rings is 1. The van der Waals surface area contributed by atoms with Crippen molar-refractivity contribution in [2.45, 2.75) is 17.9 Å². The van der Waals surface area contributed by atoms with E-state index in [1.165, 1.54) is 11.8 Å². The Hall–Kier alpha value is -2.45. The molecule has 0 bridgehead atoms. The molecule has 2 N–H and O–H groups in total. The molecule has 0 spiro atoms. The summed E-state index contributed by atoms with van der Waals surface area (Å²) >= 11 is 3.07. The highest BCUT2D eigenvalue weighted by Gasteiger charge is 2.26. The van der Waals surface area contributed by atoms with Crippen LogP contribution in [-0.2, 0) is 9.59 Å². The predicted octanol–water partition coefficient (Wildman–Crippen LogP) is 3.17. The summed E-state index contributed by atoms with van der Waals surface area (Å²) < 4.78 is 0. The van der Waals surface area contributed by atoms with Gasteiger partial charge in [0.25, 0.3) is 0 Å². The highest BCUT2D eigenvalue weighted by Crippen LogP contribution is 2.36. The Bertz CT molecular complexity index is 998. The summed E-state index contributed by atoms with van der Waals surface area (Å²) in [6, 6.07) is 12.3. The average Bonchev–Trinajstić information content (AvgIpc) is 3.17. The maximum atomic E-state index is 12.6. The first-order chi connectivity index (χ1) is 13.6. The first-order valence-corrected chi connectivity index (χ1v) is 10.9. The number of thiophene rings is 1. The average molecular weight is 413 g/mol. The Labute approximate surface area is 171 Å². The molecule has 0 radical (unpaired) electrons. The van der Waals surface area contributed by atoms with E-state index in [1.54, 1.807) is 17.7 Å². The molecule has 0 aliphatic carbocycles. The van der Waals surface area contributed by atoms with Crippen LogP contribution in [0.15, 0.2) is 47.8 Å². The van der Waals surface area contributed by atoms with Crippen molar-refractivity contribution in [3.05, 3.63) is 42.7 Å². The third-order valence-electron chi connectivity index (χ3n) is 4.93. The zero-order chi connectivity index (χ0) is 19.5. The SMILES string of the molecule is NC(=O)C1CCN(C(=O)CSc2ncnc3sc(-c4ccccc4)cc23)CC1. The molecule has 28 heavy (non-hydrogen) atoms. The molecule has 1 aliphatic rings. The monoisotopic (exact) mass is 412 g/mol. The van der Waals surface area contributed by atoms with Gasteiger partial charge in [0.2, 0.25) is 11.8 Å². The van der Waals surface area contributed by atoms with Gasteiger partial charge in [-0.1, -0.05) is 42.1 Å². The lowest BCUT2D eigenvalue weighted by Gasteiger charge is -2.30. The summed E-state index contributed by atoms with van der Waals surface area (Å²) in [6.45, 7) is 1.17. The van der Waals surface area contributed by atoms with Gasteiger partial charge in [-0.25, -0.2) is 9.97 Å². The van der Waals surface area contributed by atoms with E-state index in [1.807, 2.05) is 23.1 Å². The van der Waals surface area contributed by atoms with E-state index in [4.69, 9.17) is 5.73 Å². The lowest BCUT2D eigenvalue weighted by atomic mass is 9.96. The fraction of sp³-hybridized carbons (Fsp3) is 0.300. The van der Waals surface area contributed by atoms with Gasteiger partial charge in [-0.2, -0.15) is 0 Å². The third-order valence-corrected chi connectivity index (χ3v) is 7.02. The van der Waals surface area contributed by atoms with Crippen LogP contribution < -0.4 is 5.73 Å². The quantitative estimate of drug-likeness (QED) is 0.514. The molecular weight excluding hydrogens is 392 g/mol. The summed E-state index contributed by atoms with van der Waals surface area (Å²) in [4.78, 5) is 36.5. The fourth-order valence-corrected chi connectivity index (χ4v) is 5.27. The molecule has 0 unspecified atom stereocenters. The van der Waals surface area contributed by atoms with Crippen LogP contribution in [0.3, 0.4) is 0 Å². The minimum absolute atomic E-state index is 0.0678. The van der Waals surface area contributed by atoms with E-state index >= 15 is 0 Å². The molecule has 6 nitrogen and oxygen atoms in total. The molecule has 144 valence electrons. The molecule has 4 rings (SSSR count). The number of thioether (sulfide) groups is 1. The molecule has 1 aliphatic heterocycles. The fourth-order valence-electron chi connectivity index (χ4n) is 3.33. The van der Waals surface area contributed by atoms with E-state index in [0.29, 0.717) is 31.7 Å². The van der Waals surface area contributed by atoms with E-state index in [-0.39, 0.29) is 17.7 Å². The molecule has 1 saturated heterocycles. The van der Waals surface area contributed by atoms with E-state index in [2.05, 4.69) is 28.2 Å². The van der Waals surface area contributed by atoms with Crippen LogP contribution in [0.4, 0.5) is 0 Å². The number of amides is 2. The van der Waals surface area contributed by atoms with Crippen molar-refractivity contribution < 1.29 is 9.59 Å². The Morgan fingerprint density at radius 3 is 2.64 bits per heavy atom. The molecule has 1 aromatic carbocycles. The minimum Gasteiger partial charge on any atom is -0.369 e. The van der Waals surface area contributed by atoms with Crippen molar-refractivity contribution >= 4 is 45.1 Å². The Balaban J connectivity index is 1.44. The number of carbonyl (C=O) groups excluding carboxylic acids is 2. The lowest BCUT2D eigenvalue weighted by Crippen LogP contribution is -2.42. The van der Waals surface area contributed by atoms with Crippen molar-refractivity contribution in [1.29, 1.82) is 0 Å². The summed E-state index contributed by atoms with van der Waals surface area (Å²) in [5.41, 5.74) is 6.51. The number of aromatic nitrogens is 2. The van der Waals surface area contributed by atoms with Gasteiger partial charge in [0, 0.05) is 29.3 Å². The van der Waals surface area contributed by atoms with E-state index in [0.717, 1.165) is 25.7 Å². The third kappa shape index (κ3) is 4.02. The molecule has 2 aromatic heterocycles. The maximum absolute atomic E-state index is 12.6. The van der Waals surface area contributed by atoms with Gasteiger partial charge in [-0.3, -0.25) is 9.59 Å². The van der Waals surface area contributed by atoms with Gasteiger partial charge in [-0.15, -0.1) is 11.3 Å². The van der Waals surface area contributed by atoms with Crippen LogP contribution >= 0.6 is 23.1 Å². The smallest absolute Gasteiger partial charge is 0.232 e. The standard InChI is InChI=1S/C20H20N4O2S2/c21-18(26)14-6-8-24(9-7-14)17(25)11-27-19-15-10-16(13-4-2-1-3-5-13)28-20(15)23-12-22-19/h1-5,10,12,14H,6-9,11H2,(H2,21,26). The molecule has 0 atom stereocenters. The Morgan fingerprint density at radius 2 is 1.93 bits per heavy atom. The van der Waals surface area contributed by atoms with Crippen LogP contribution in [0.5, 0.6) is 0 Å². The first kappa shape index (κ1) is 18.9. The maximum Gasteiger partial charge on any atom is 0.232 e. The number of primary amides is 1. The van der Waals surface area contributed by atoms with Crippen molar-refractivity contribution in [1.82, 2.24) is 14.9 Å².